The molecule has 0 aliphatic carbocycles. The summed E-state index contributed by atoms with van der Waals surface area (Å²) in [4.78, 5) is 28.2. The van der Waals surface area contributed by atoms with Crippen molar-refractivity contribution in [2.75, 3.05) is 26.1 Å². The molecule has 0 bridgehead atoms. The van der Waals surface area contributed by atoms with Gasteiger partial charge in [0.25, 0.3) is 5.91 Å². The number of methoxy groups -OCH3 is 2. The number of amides is 1. The molecule has 0 saturated carbocycles. The van der Waals surface area contributed by atoms with Gasteiger partial charge < -0.3 is 23.9 Å². The van der Waals surface area contributed by atoms with E-state index in [4.69, 9.17) is 18.6 Å². The molecule has 3 aromatic rings. The van der Waals surface area contributed by atoms with Crippen LogP contribution in [0.4, 0.5) is 5.69 Å². The van der Waals surface area contributed by atoms with Crippen molar-refractivity contribution in [1.29, 1.82) is 0 Å². The van der Waals surface area contributed by atoms with E-state index in [9.17, 15) is 9.59 Å². The Kier molecular flexibility index (Phi) is 6.11. The van der Waals surface area contributed by atoms with Crippen molar-refractivity contribution in [1.82, 2.24) is 4.98 Å². The largest absolute Gasteiger partial charge is 0.497 e. The highest BCUT2D eigenvalue weighted by Gasteiger charge is 2.13. The number of anilines is 1. The smallest absolute Gasteiger partial charge is 0.306 e. The number of hydrogen-bond acceptors (Lipinski definition) is 7. The molecule has 0 atom stereocenters. The van der Waals surface area contributed by atoms with Gasteiger partial charge in [0.2, 0.25) is 0 Å². The number of nitrogens with zero attached hydrogens (tertiary/aromatic N) is 1. The SMILES string of the molecule is COc1ccc(NC(=O)COC(=O)CCc2nc3ccccc3o2)c(OC)c1. The highest BCUT2D eigenvalue weighted by atomic mass is 16.5. The Bertz CT molecular complexity index is 949. The standard InChI is InChI=1S/C20H20N2O6/c1-25-13-7-8-15(17(11-13)26-2)21-18(23)12-27-20(24)10-9-19-22-14-5-3-4-6-16(14)28-19/h3-8,11H,9-10,12H2,1-2H3,(H,21,23). The quantitative estimate of drug-likeness (QED) is 0.596. The van der Waals surface area contributed by atoms with Crippen LogP contribution in [0.1, 0.15) is 12.3 Å². The monoisotopic (exact) mass is 384 g/mol. The molecule has 1 heterocycles. The summed E-state index contributed by atoms with van der Waals surface area (Å²) < 4.78 is 20.9. The van der Waals surface area contributed by atoms with Gasteiger partial charge in [0.05, 0.1) is 26.3 Å². The third-order valence-electron chi connectivity index (χ3n) is 3.93. The number of carbonyl (C=O) groups is 2. The molecular weight excluding hydrogens is 364 g/mol. The minimum atomic E-state index is -0.515. The Morgan fingerprint density at radius 2 is 1.93 bits per heavy atom. The van der Waals surface area contributed by atoms with Crippen LogP contribution in [0.25, 0.3) is 11.1 Å². The van der Waals surface area contributed by atoms with Crippen LogP contribution in [0.5, 0.6) is 11.5 Å². The minimum absolute atomic E-state index is 0.0615. The van der Waals surface area contributed by atoms with Crippen LogP contribution < -0.4 is 14.8 Å². The molecule has 0 saturated heterocycles. The maximum Gasteiger partial charge on any atom is 0.306 e. The summed E-state index contributed by atoms with van der Waals surface area (Å²) in [7, 11) is 3.02. The molecule has 3 rings (SSSR count). The van der Waals surface area contributed by atoms with E-state index in [-0.39, 0.29) is 6.42 Å². The molecule has 0 aliphatic heterocycles. The van der Waals surface area contributed by atoms with E-state index in [0.29, 0.717) is 35.1 Å². The lowest BCUT2D eigenvalue weighted by Crippen LogP contribution is -2.21. The van der Waals surface area contributed by atoms with E-state index in [0.717, 1.165) is 5.52 Å². The molecule has 0 aliphatic rings. The molecule has 1 N–H and O–H groups in total. The molecule has 1 aromatic heterocycles. The normalized spacial score (nSPS) is 10.5. The average Bonchev–Trinajstić information content (AvgIpc) is 3.14. The molecule has 8 heteroatoms. The van der Waals surface area contributed by atoms with Gasteiger partial charge in [-0.3, -0.25) is 9.59 Å². The van der Waals surface area contributed by atoms with Gasteiger partial charge in [-0.1, -0.05) is 12.1 Å². The van der Waals surface area contributed by atoms with Crippen LogP contribution in [0.2, 0.25) is 0 Å². The van der Waals surface area contributed by atoms with Crippen LogP contribution in [0.3, 0.4) is 0 Å². The Labute approximate surface area is 161 Å². The zero-order valence-electron chi connectivity index (χ0n) is 15.6. The lowest BCUT2D eigenvalue weighted by Gasteiger charge is -2.11. The van der Waals surface area contributed by atoms with Gasteiger partial charge in [-0.15, -0.1) is 0 Å². The summed E-state index contributed by atoms with van der Waals surface area (Å²) in [5, 5.41) is 2.63. The fourth-order valence-corrected chi connectivity index (χ4v) is 2.54. The fraction of sp³-hybridized carbons (Fsp3) is 0.250. The van der Waals surface area contributed by atoms with Gasteiger partial charge in [-0.2, -0.15) is 0 Å². The highest BCUT2D eigenvalue weighted by molar-refractivity contribution is 5.94. The molecule has 2 aromatic carbocycles. The Morgan fingerprint density at radius 3 is 2.68 bits per heavy atom. The van der Waals surface area contributed by atoms with E-state index >= 15 is 0 Å². The maximum absolute atomic E-state index is 12.0. The predicted octanol–water partition coefficient (Wildman–Crippen LogP) is 2.96. The Morgan fingerprint density at radius 1 is 1.11 bits per heavy atom. The summed E-state index contributed by atoms with van der Waals surface area (Å²) in [6, 6.07) is 12.3. The molecule has 28 heavy (non-hydrogen) atoms. The number of nitrogens with one attached hydrogen (secondary N) is 1. The van der Waals surface area contributed by atoms with E-state index in [2.05, 4.69) is 10.3 Å². The Balaban J connectivity index is 1.47. The number of rotatable bonds is 8. The first-order valence-corrected chi connectivity index (χ1v) is 8.61. The molecule has 146 valence electrons. The van der Waals surface area contributed by atoms with Gasteiger partial charge in [0.1, 0.15) is 17.0 Å². The number of hydrogen-bond donors (Lipinski definition) is 1. The summed E-state index contributed by atoms with van der Waals surface area (Å²) in [5.41, 5.74) is 1.85. The lowest BCUT2D eigenvalue weighted by atomic mass is 10.2. The van der Waals surface area contributed by atoms with Gasteiger partial charge in [0.15, 0.2) is 18.1 Å². The highest BCUT2D eigenvalue weighted by Crippen LogP contribution is 2.28. The zero-order valence-corrected chi connectivity index (χ0v) is 15.6. The van der Waals surface area contributed by atoms with Crippen molar-refractivity contribution in [3.8, 4) is 11.5 Å². The van der Waals surface area contributed by atoms with Crippen LogP contribution in [-0.4, -0.2) is 37.7 Å². The van der Waals surface area contributed by atoms with Crippen molar-refractivity contribution in [3.63, 3.8) is 0 Å². The van der Waals surface area contributed by atoms with Crippen molar-refractivity contribution in [2.24, 2.45) is 0 Å². The minimum Gasteiger partial charge on any atom is -0.497 e. The van der Waals surface area contributed by atoms with E-state index < -0.39 is 18.5 Å². The number of para-hydroxylation sites is 2. The third-order valence-corrected chi connectivity index (χ3v) is 3.93. The first-order valence-electron chi connectivity index (χ1n) is 8.61. The summed E-state index contributed by atoms with van der Waals surface area (Å²) in [5.74, 6) is 0.499. The molecular formula is C20H20N2O6. The summed E-state index contributed by atoms with van der Waals surface area (Å²) in [6.07, 6.45) is 0.355. The number of carbonyl (C=O) groups excluding carboxylic acids is 2. The topological polar surface area (TPSA) is 99.9 Å². The predicted molar refractivity (Wildman–Crippen MR) is 101 cm³/mol. The Hall–Kier alpha value is -3.55. The van der Waals surface area contributed by atoms with Crippen LogP contribution in [0, 0.1) is 0 Å². The number of aromatic nitrogens is 1. The van der Waals surface area contributed by atoms with Gasteiger partial charge in [0, 0.05) is 12.5 Å². The van der Waals surface area contributed by atoms with Gasteiger partial charge >= 0.3 is 5.97 Å². The maximum atomic E-state index is 12.0. The van der Waals surface area contributed by atoms with Crippen molar-refractivity contribution in [3.05, 3.63) is 48.4 Å². The molecule has 0 radical (unpaired) electrons. The third kappa shape index (κ3) is 4.79. The number of benzene rings is 2. The first-order chi connectivity index (χ1) is 13.6. The number of oxazole rings is 1. The molecule has 1 amide bonds. The second-order valence-corrected chi connectivity index (χ2v) is 5.85. The fourth-order valence-electron chi connectivity index (χ4n) is 2.54. The number of aryl methyl sites for hydroxylation is 1. The second kappa shape index (κ2) is 8.90. The average molecular weight is 384 g/mol. The number of esters is 1. The molecule has 0 fully saturated rings. The van der Waals surface area contributed by atoms with E-state index in [1.165, 1.54) is 14.2 Å². The summed E-state index contributed by atoms with van der Waals surface area (Å²) in [6.45, 7) is -0.401. The molecule has 0 spiro atoms. The molecule has 0 unspecified atom stereocenters. The van der Waals surface area contributed by atoms with E-state index in [1.807, 2.05) is 24.3 Å². The van der Waals surface area contributed by atoms with Gasteiger partial charge in [-0.25, -0.2) is 4.98 Å². The number of fused-ring (bicyclic) bond motifs is 1. The van der Waals surface area contributed by atoms with Crippen LogP contribution >= 0.6 is 0 Å². The molecule has 8 nitrogen and oxygen atoms in total. The summed E-state index contributed by atoms with van der Waals surface area (Å²) >= 11 is 0. The van der Waals surface area contributed by atoms with Crippen LogP contribution in [-0.2, 0) is 20.7 Å². The number of ether oxygens (including phenoxy) is 3. The van der Waals surface area contributed by atoms with Crippen LogP contribution in [0.15, 0.2) is 46.9 Å². The zero-order chi connectivity index (χ0) is 19.9. The van der Waals surface area contributed by atoms with Crippen molar-refractivity contribution in [2.45, 2.75) is 12.8 Å². The van der Waals surface area contributed by atoms with E-state index in [1.54, 1.807) is 18.2 Å². The lowest BCUT2D eigenvalue weighted by molar-refractivity contribution is -0.147. The first kappa shape index (κ1) is 19.2. The van der Waals surface area contributed by atoms with Crippen molar-refractivity contribution >= 4 is 28.7 Å². The second-order valence-electron chi connectivity index (χ2n) is 5.85. The van der Waals surface area contributed by atoms with Crippen molar-refractivity contribution < 1.29 is 28.2 Å². The van der Waals surface area contributed by atoms with Gasteiger partial charge in [-0.05, 0) is 24.3 Å².